The van der Waals surface area contributed by atoms with Crippen molar-refractivity contribution in [3.05, 3.63) is 77.8 Å². The number of ether oxygens (including phenoxy) is 11. The molecule has 12 aliphatic rings. The van der Waals surface area contributed by atoms with E-state index in [1.807, 2.05) is 123 Å². The zero-order chi connectivity index (χ0) is 98.8. The number of carboxylic acid groups (broad SMARTS) is 1. The van der Waals surface area contributed by atoms with Crippen LogP contribution in [0.4, 0.5) is 0 Å². The van der Waals surface area contributed by atoms with Crippen LogP contribution in [0.2, 0.25) is 0 Å². The molecule has 30 nitrogen and oxygen atoms in total. The van der Waals surface area contributed by atoms with Gasteiger partial charge in [0.1, 0.15) is 100 Å². The van der Waals surface area contributed by atoms with Crippen molar-refractivity contribution in [3.63, 3.8) is 0 Å². The molecule has 6 aromatic rings. The summed E-state index contributed by atoms with van der Waals surface area (Å²) in [6.07, 6.45) is 33.3. The van der Waals surface area contributed by atoms with Crippen molar-refractivity contribution in [1.29, 1.82) is 0 Å². The number of benzene rings is 3. The molecule has 3 amide bonds. The molecule has 30 heteroatoms. The molecule has 3 saturated heterocycles. The Morgan fingerprint density at radius 3 is 1.03 bits per heavy atom. The van der Waals surface area contributed by atoms with E-state index < -0.39 is 89.2 Å². The van der Waals surface area contributed by atoms with Crippen LogP contribution in [0.15, 0.2) is 60.7 Å². The predicted molar refractivity (Wildman–Crippen MR) is 524 cm³/mol. The van der Waals surface area contributed by atoms with Gasteiger partial charge in [-0.3, -0.25) is 28.8 Å². The first-order valence-corrected chi connectivity index (χ1v) is 52.8. The van der Waals surface area contributed by atoms with Gasteiger partial charge in [0.15, 0.2) is 0 Å². The van der Waals surface area contributed by atoms with E-state index in [4.69, 9.17) is 82.0 Å². The second-order valence-corrected chi connectivity index (χ2v) is 43.6. The molecule has 760 valence electrons. The molecule has 9 fully saturated rings. The molecule has 18 atom stereocenters. The highest BCUT2D eigenvalue weighted by Crippen LogP contribution is 2.48. The third-order valence-corrected chi connectivity index (χ3v) is 31.5. The summed E-state index contributed by atoms with van der Waals surface area (Å²) in [5.41, 5.74) is 4.78. The highest BCUT2D eigenvalue weighted by Gasteiger charge is 2.57. The van der Waals surface area contributed by atoms with E-state index in [1.54, 1.807) is 31.1 Å². The first kappa shape index (κ1) is 102. The number of methoxy groups -OCH3 is 3. The molecule has 140 heavy (non-hydrogen) atoms. The molecule has 0 radical (unpaired) electrons. The zero-order valence-electron chi connectivity index (χ0n) is 84.4. The number of hydrogen-bond acceptors (Lipinski definition) is 26. The number of aliphatic carboxylic acids is 1. The van der Waals surface area contributed by atoms with E-state index >= 15 is 0 Å². The highest BCUT2D eigenvalue weighted by atomic mass is 16.6. The summed E-state index contributed by atoms with van der Waals surface area (Å²) in [5.74, 6) is -1.99. The van der Waals surface area contributed by atoms with Crippen LogP contribution >= 0.6 is 0 Å². The molecule has 6 saturated carbocycles. The molecule has 6 aliphatic heterocycles. The summed E-state index contributed by atoms with van der Waals surface area (Å²) in [4.78, 5) is 159. The Labute approximate surface area is 823 Å². The number of aryl methyl sites for hydroxylation is 2. The lowest BCUT2D eigenvalue weighted by atomic mass is 9.77. The van der Waals surface area contributed by atoms with Gasteiger partial charge < -0.3 is 71.9 Å². The second-order valence-electron chi connectivity index (χ2n) is 43.6. The fourth-order valence-electron chi connectivity index (χ4n) is 23.7. The Morgan fingerprint density at radius 2 is 0.686 bits per heavy atom. The Morgan fingerprint density at radius 1 is 0.371 bits per heavy atom. The molecule has 6 aliphatic carbocycles. The summed E-state index contributed by atoms with van der Waals surface area (Å²) in [6, 6.07) is 14.0. The van der Waals surface area contributed by atoms with Crippen LogP contribution in [-0.4, -0.2) is 210 Å². The minimum absolute atomic E-state index is 0.00000568. The van der Waals surface area contributed by atoms with Gasteiger partial charge in [-0.2, -0.15) is 0 Å². The van der Waals surface area contributed by atoms with Crippen molar-refractivity contribution in [2.24, 2.45) is 71.0 Å². The molecular weight excluding hydrogens is 1780 g/mol. The van der Waals surface area contributed by atoms with E-state index in [-0.39, 0.29) is 122 Å². The van der Waals surface area contributed by atoms with Gasteiger partial charge >= 0.3 is 35.8 Å². The molecule has 3 aromatic heterocycles. The van der Waals surface area contributed by atoms with Crippen molar-refractivity contribution in [1.82, 2.24) is 44.6 Å². The Balaban J connectivity index is 0.000000152. The summed E-state index contributed by atoms with van der Waals surface area (Å²) < 4.78 is 66.1. The van der Waals surface area contributed by atoms with E-state index in [9.17, 15) is 48.3 Å². The Hall–Kier alpha value is -10.6. The predicted octanol–water partition coefficient (Wildman–Crippen LogP) is 18.6. The maximum Gasteiger partial charge on any atom is 0.329 e. The van der Waals surface area contributed by atoms with Crippen LogP contribution < -0.4 is 28.4 Å². The van der Waals surface area contributed by atoms with Crippen LogP contribution in [0.1, 0.15) is 304 Å². The lowest BCUT2D eigenvalue weighted by Crippen LogP contribution is -2.49. The van der Waals surface area contributed by atoms with E-state index in [2.05, 4.69) is 6.08 Å². The minimum Gasteiger partial charge on any atom is -0.497 e. The molecule has 1 N–H and O–H groups in total. The molecule has 0 spiro atoms. The Bertz CT molecular complexity index is 5430. The smallest absolute Gasteiger partial charge is 0.329 e. The first-order valence-electron chi connectivity index (χ1n) is 52.8. The third-order valence-electron chi connectivity index (χ3n) is 31.5. The number of allylic oxidation sites excluding steroid dienone is 1. The summed E-state index contributed by atoms with van der Waals surface area (Å²) in [6.45, 7) is 17.4. The van der Waals surface area contributed by atoms with Crippen LogP contribution in [0.3, 0.4) is 0 Å². The van der Waals surface area contributed by atoms with Crippen molar-refractivity contribution in [3.8, 4) is 34.9 Å². The molecular formula is C110H149N9O21. The van der Waals surface area contributed by atoms with Crippen molar-refractivity contribution in [2.45, 2.75) is 366 Å². The number of aromatic nitrogens is 6. The zero-order valence-corrected chi connectivity index (χ0v) is 84.4. The summed E-state index contributed by atoms with van der Waals surface area (Å²) >= 11 is 0. The van der Waals surface area contributed by atoms with Gasteiger partial charge in [-0.05, 0) is 254 Å². The van der Waals surface area contributed by atoms with Crippen molar-refractivity contribution >= 4 is 92.7 Å². The van der Waals surface area contributed by atoms with Crippen LogP contribution in [0.25, 0.3) is 39.2 Å². The number of fused-ring (bicyclic) bond motifs is 15. The number of rotatable bonds is 12. The number of hydrogen-bond donors (Lipinski definition) is 1. The molecule has 6 bridgehead atoms. The number of carbonyl (C=O) groups excluding carboxylic acids is 8. The van der Waals surface area contributed by atoms with E-state index in [0.29, 0.717) is 113 Å². The van der Waals surface area contributed by atoms with E-state index in [0.717, 1.165) is 209 Å². The van der Waals surface area contributed by atoms with Crippen LogP contribution in [0, 0.1) is 71.0 Å². The monoisotopic (exact) mass is 1930 g/mol. The van der Waals surface area contributed by atoms with Crippen LogP contribution in [0.5, 0.6) is 34.9 Å². The van der Waals surface area contributed by atoms with Gasteiger partial charge in [0, 0.05) is 36.0 Å². The van der Waals surface area contributed by atoms with Gasteiger partial charge in [0.05, 0.1) is 111 Å². The number of carboxylic acids is 1. The summed E-state index contributed by atoms with van der Waals surface area (Å²) in [5, 5.41) is 10.4. The fraction of sp³-hybridized carbons (Fsp3) is 0.682. The average Bonchev–Trinajstić information content (AvgIpc) is 1.56. The lowest BCUT2D eigenvalue weighted by molar-refractivity contribution is -0.167. The average molecular weight is 1930 g/mol. The molecule has 0 unspecified atom stereocenters. The lowest BCUT2D eigenvalue weighted by Gasteiger charge is -2.35. The normalized spacial score (nSPS) is 29.6. The minimum atomic E-state index is -1.05. The third kappa shape index (κ3) is 25.2. The maximum absolute atomic E-state index is 14.8. The van der Waals surface area contributed by atoms with Crippen molar-refractivity contribution in [2.75, 3.05) is 41.0 Å². The largest absolute Gasteiger partial charge is 0.497 e. The number of esters is 5. The summed E-state index contributed by atoms with van der Waals surface area (Å²) in [7, 11) is 4.83. The topological polar surface area (TPSA) is 362 Å². The number of carbonyl (C=O) groups is 9. The first-order chi connectivity index (χ1) is 67.4. The molecule has 3 aromatic carbocycles. The second kappa shape index (κ2) is 45.8. The highest BCUT2D eigenvalue weighted by molar-refractivity contribution is 5.92. The van der Waals surface area contributed by atoms with Gasteiger partial charge in [-0.25, -0.2) is 44.3 Å². The number of amides is 3. The maximum atomic E-state index is 14.8. The van der Waals surface area contributed by atoms with Gasteiger partial charge in [0.2, 0.25) is 35.4 Å². The van der Waals surface area contributed by atoms with Gasteiger partial charge in [-0.1, -0.05) is 110 Å². The van der Waals surface area contributed by atoms with Gasteiger partial charge in [0.25, 0.3) is 0 Å². The quantitative estimate of drug-likeness (QED) is 0.0878. The van der Waals surface area contributed by atoms with Gasteiger partial charge in [-0.15, -0.1) is 0 Å². The van der Waals surface area contributed by atoms with E-state index in [1.165, 1.54) is 4.90 Å². The standard InChI is InChI=1S/C38H53N3O7.C38H51N3O7.C34H45N3O7/c2*1-6-26-32-22-41(34(26)37(44)48-38(2,3)4)36(43)27(23-13-9-7-10-14-23)21-33(42)46-31-19-24(31)15-11-8-12-16-29-35(47-32)40-30-20-25(45-5)17-18-28(30)39-29;1-3-23-29-19-37(31(23)34(40)41)33(39)24(20-10-6-4-7-11-20)18-30(38)43-28-16-21(28)12-8-5-9-13-26-32(44-29)36-27-17-22(42-2)14-15-25(27)35-26/h17-18,20,23-24,26-27,31-32,34H,6-16,19,21-22H2,1-5H3;12,16-18,20,23-24,26-27,31-32,34H,6-11,13-15,19,21-22H2,1-5H3;14-15,17,20-21,23-24,28-29,31H,3-13,16,18-19H2,1-2H3,(H,40,41)/b;16-12+;/t2*24-,26-,27+,31-,32+,34+;21-,23-,24+,28-,29+,31+/m111/s1. The SMILES string of the molecule is CC[C@@H]1[C@@H]2CN(C(=O)[C@H](C3CCCCC3)CC(=O)O[C@@H]3C[C@H]3CCC/C=C/c3nc4ccc(OC)cc4nc3O2)[C@@H]1C(=O)OC(C)(C)C.CC[C@@H]1[C@@H]2CN(C(=O)[C@H](C3CCCCC3)CC(=O)O[C@@H]3C[C@H]3CCCCCc3nc4ccc(OC)cc4nc3O2)[C@@H]1C(=O)O.CC[C@@H]1[C@@H]2CN(C(=O)[C@H](C3CCCCC3)CC(=O)O[C@@H]3C[C@H]3CCCCCc3nc4ccc(OC)cc4nc3O2)[C@@H]1C(=O)OC(C)(C)C. The molecule has 9 heterocycles. The fourth-order valence-corrected chi connectivity index (χ4v) is 23.7. The van der Waals surface area contributed by atoms with Crippen LogP contribution in [-0.2, 0) is 79.7 Å². The Kier molecular flexibility index (Phi) is 33.5. The number of nitrogens with zero attached hydrogens (tertiary/aromatic N) is 9. The molecule has 18 rings (SSSR count). The van der Waals surface area contributed by atoms with Crippen molar-refractivity contribution < 1.29 is 100 Å².